The first kappa shape index (κ1) is 11.0. The van der Waals surface area contributed by atoms with Gasteiger partial charge in [0.1, 0.15) is 5.15 Å². The van der Waals surface area contributed by atoms with Crippen molar-refractivity contribution in [1.82, 2.24) is 15.0 Å². The zero-order chi connectivity index (χ0) is 12.4. The number of rotatable bonds is 3. The maximum absolute atomic E-state index is 5.79. The summed E-state index contributed by atoms with van der Waals surface area (Å²) in [6.07, 6.45) is 3.56. The number of nitrogens with zero attached hydrogens (tertiary/aromatic N) is 2. The van der Waals surface area contributed by atoms with Crippen molar-refractivity contribution >= 4 is 28.5 Å². The molecule has 0 saturated heterocycles. The van der Waals surface area contributed by atoms with Gasteiger partial charge in [0.2, 0.25) is 5.95 Å². The normalized spacial score (nSPS) is 10.7. The van der Waals surface area contributed by atoms with E-state index in [1.165, 1.54) is 10.9 Å². The molecule has 0 saturated carbocycles. The van der Waals surface area contributed by atoms with Gasteiger partial charge in [0, 0.05) is 24.5 Å². The summed E-state index contributed by atoms with van der Waals surface area (Å²) < 4.78 is 0. The fraction of sp³-hybridized carbons (Fsp3) is 0.0769. The molecule has 0 aliphatic rings. The van der Waals surface area contributed by atoms with Gasteiger partial charge in [-0.15, -0.1) is 0 Å². The van der Waals surface area contributed by atoms with Gasteiger partial charge in [0.05, 0.1) is 0 Å². The van der Waals surface area contributed by atoms with E-state index >= 15 is 0 Å². The van der Waals surface area contributed by atoms with Crippen LogP contribution in [-0.2, 0) is 6.54 Å². The first-order chi connectivity index (χ1) is 8.81. The molecule has 90 valence electrons. The van der Waals surface area contributed by atoms with E-state index in [2.05, 4.69) is 44.5 Å². The lowest BCUT2D eigenvalue weighted by molar-refractivity contribution is 1.06. The number of aromatic nitrogens is 3. The minimum absolute atomic E-state index is 0.439. The molecule has 3 aromatic rings. The van der Waals surface area contributed by atoms with Crippen LogP contribution in [0.4, 0.5) is 5.95 Å². The van der Waals surface area contributed by atoms with Crippen LogP contribution in [0.15, 0.2) is 42.7 Å². The highest BCUT2D eigenvalue weighted by molar-refractivity contribution is 6.29. The topological polar surface area (TPSA) is 53.6 Å². The molecule has 0 unspecified atom stereocenters. The van der Waals surface area contributed by atoms with Crippen LogP contribution in [0.3, 0.4) is 0 Å². The molecule has 2 aromatic heterocycles. The van der Waals surface area contributed by atoms with Crippen LogP contribution in [0, 0.1) is 0 Å². The molecule has 1 aromatic carbocycles. The molecule has 4 nitrogen and oxygen atoms in total. The van der Waals surface area contributed by atoms with Crippen molar-refractivity contribution in [2.24, 2.45) is 0 Å². The molecular formula is C13H11ClN4. The molecule has 0 bridgehead atoms. The summed E-state index contributed by atoms with van der Waals surface area (Å²) in [6.45, 7) is 0.668. The van der Waals surface area contributed by atoms with E-state index in [1.54, 1.807) is 12.3 Å². The van der Waals surface area contributed by atoms with E-state index in [9.17, 15) is 0 Å². The molecule has 0 spiro atoms. The molecule has 3 rings (SSSR count). The Morgan fingerprint density at radius 2 is 2.17 bits per heavy atom. The second-order valence-corrected chi connectivity index (χ2v) is 4.34. The molecule has 0 aliphatic carbocycles. The predicted molar refractivity (Wildman–Crippen MR) is 72.7 cm³/mol. The van der Waals surface area contributed by atoms with E-state index < -0.39 is 0 Å². The molecule has 0 radical (unpaired) electrons. The lowest BCUT2D eigenvalue weighted by atomic mass is 10.1. The number of anilines is 1. The third-order valence-corrected chi connectivity index (χ3v) is 2.90. The van der Waals surface area contributed by atoms with Crippen molar-refractivity contribution in [2.75, 3.05) is 5.32 Å². The number of aromatic amines is 1. The second-order valence-electron chi connectivity index (χ2n) is 3.96. The highest BCUT2D eigenvalue weighted by Gasteiger charge is 1.99. The predicted octanol–water partition coefficient (Wildman–Crippen LogP) is 3.22. The zero-order valence-electron chi connectivity index (χ0n) is 9.52. The lowest BCUT2D eigenvalue weighted by Crippen LogP contribution is -2.03. The van der Waals surface area contributed by atoms with Crippen LogP contribution < -0.4 is 5.32 Å². The monoisotopic (exact) mass is 258 g/mol. The standard InChI is InChI=1S/C13H11ClN4/c14-12-4-6-16-13(18-12)17-8-9-1-2-11-10(7-9)3-5-15-11/h1-7,15H,8H2,(H,16,17,18). The summed E-state index contributed by atoms with van der Waals surface area (Å²) in [4.78, 5) is 11.3. The quantitative estimate of drug-likeness (QED) is 0.709. The molecule has 18 heavy (non-hydrogen) atoms. The first-order valence-corrected chi connectivity index (χ1v) is 5.97. The Balaban J connectivity index is 1.76. The molecule has 5 heteroatoms. The van der Waals surface area contributed by atoms with Crippen LogP contribution in [0.25, 0.3) is 10.9 Å². The zero-order valence-corrected chi connectivity index (χ0v) is 10.3. The lowest BCUT2D eigenvalue weighted by Gasteiger charge is -2.05. The van der Waals surface area contributed by atoms with Crippen molar-refractivity contribution in [3.05, 3.63) is 53.4 Å². The number of halogens is 1. The molecule has 0 fully saturated rings. The van der Waals surface area contributed by atoms with Crippen LogP contribution in [-0.4, -0.2) is 15.0 Å². The van der Waals surface area contributed by atoms with Crippen molar-refractivity contribution < 1.29 is 0 Å². The van der Waals surface area contributed by atoms with E-state index in [1.807, 2.05) is 6.20 Å². The fourth-order valence-corrected chi connectivity index (χ4v) is 1.95. The van der Waals surface area contributed by atoms with Crippen LogP contribution in [0.5, 0.6) is 0 Å². The summed E-state index contributed by atoms with van der Waals surface area (Å²) in [7, 11) is 0. The maximum atomic E-state index is 5.79. The number of nitrogens with one attached hydrogen (secondary N) is 2. The van der Waals surface area contributed by atoms with Crippen LogP contribution >= 0.6 is 11.6 Å². The van der Waals surface area contributed by atoms with E-state index in [4.69, 9.17) is 11.6 Å². The Hall–Kier alpha value is -2.07. The van der Waals surface area contributed by atoms with Gasteiger partial charge >= 0.3 is 0 Å². The van der Waals surface area contributed by atoms with Gasteiger partial charge in [0.25, 0.3) is 0 Å². The van der Waals surface area contributed by atoms with Gasteiger partial charge in [-0.2, -0.15) is 0 Å². The molecule has 0 amide bonds. The third kappa shape index (κ3) is 2.28. The smallest absolute Gasteiger partial charge is 0.224 e. The van der Waals surface area contributed by atoms with E-state index in [-0.39, 0.29) is 0 Å². The summed E-state index contributed by atoms with van der Waals surface area (Å²) >= 11 is 5.79. The minimum atomic E-state index is 0.439. The average molecular weight is 259 g/mol. The van der Waals surface area contributed by atoms with Gasteiger partial charge < -0.3 is 10.3 Å². The van der Waals surface area contributed by atoms with Gasteiger partial charge in [-0.3, -0.25) is 0 Å². The summed E-state index contributed by atoms with van der Waals surface area (Å²) in [5.41, 5.74) is 2.31. The van der Waals surface area contributed by atoms with Gasteiger partial charge in [-0.25, -0.2) is 9.97 Å². The van der Waals surface area contributed by atoms with Crippen molar-refractivity contribution in [3.63, 3.8) is 0 Å². The Labute approximate surface area is 109 Å². The Morgan fingerprint density at radius 1 is 1.22 bits per heavy atom. The van der Waals surface area contributed by atoms with Crippen LogP contribution in [0.2, 0.25) is 5.15 Å². The molecule has 0 atom stereocenters. The number of hydrogen-bond acceptors (Lipinski definition) is 3. The fourth-order valence-electron chi connectivity index (χ4n) is 1.82. The SMILES string of the molecule is Clc1ccnc(NCc2ccc3[nH]ccc3c2)n1. The highest BCUT2D eigenvalue weighted by atomic mass is 35.5. The Morgan fingerprint density at radius 3 is 3.06 bits per heavy atom. The number of benzene rings is 1. The molecule has 2 N–H and O–H groups in total. The van der Waals surface area contributed by atoms with Crippen molar-refractivity contribution in [2.45, 2.75) is 6.54 Å². The summed E-state index contributed by atoms with van der Waals surface area (Å²) in [6, 6.07) is 9.96. The van der Waals surface area contributed by atoms with Crippen molar-refractivity contribution in [3.8, 4) is 0 Å². The van der Waals surface area contributed by atoms with Gasteiger partial charge in [-0.05, 0) is 35.2 Å². The van der Waals surface area contributed by atoms with Crippen molar-refractivity contribution in [1.29, 1.82) is 0 Å². The number of fused-ring (bicyclic) bond motifs is 1. The largest absolute Gasteiger partial charge is 0.361 e. The molecule has 2 heterocycles. The van der Waals surface area contributed by atoms with E-state index in [0.29, 0.717) is 17.6 Å². The summed E-state index contributed by atoms with van der Waals surface area (Å²) in [5.74, 6) is 0.539. The second kappa shape index (κ2) is 4.66. The summed E-state index contributed by atoms with van der Waals surface area (Å²) in [5, 5.41) is 4.78. The average Bonchev–Trinajstić information content (AvgIpc) is 2.84. The van der Waals surface area contributed by atoms with Gasteiger partial charge in [-0.1, -0.05) is 17.7 Å². The first-order valence-electron chi connectivity index (χ1n) is 5.60. The highest BCUT2D eigenvalue weighted by Crippen LogP contribution is 2.15. The van der Waals surface area contributed by atoms with Gasteiger partial charge in [0.15, 0.2) is 0 Å². The van der Waals surface area contributed by atoms with E-state index in [0.717, 1.165) is 5.52 Å². The Bertz CT molecular complexity index is 677. The number of hydrogen-bond donors (Lipinski definition) is 2. The number of H-pyrrole nitrogens is 1. The minimum Gasteiger partial charge on any atom is -0.361 e. The molecule has 0 aliphatic heterocycles. The maximum Gasteiger partial charge on any atom is 0.224 e. The third-order valence-electron chi connectivity index (χ3n) is 2.69. The molecular weight excluding hydrogens is 248 g/mol. The van der Waals surface area contributed by atoms with Crippen LogP contribution in [0.1, 0.15) is 5.56 Å². The Kier molecular flexibility index (Phi) is 2.86.